The highest BCUT2D eigenvalue weighted by Crippen LogP contribution is 2.20. The lowest BCUT2D eigenvalue weighted by molar-refractivity contribution is 0.197. The molecule has 0 fully saturated rings. The van der Waals surface area contributed by atoms with E-state index >= 15 is 0 Å². The molecule has 1 N–H and O–H groups in total. The van der Waals surface area contributed by atoms with Crippen molar-refractivity contribution in [1.82, 2.24) is 4.57 Å². The largest absolute Gasteiger partial charge is 0.464 e. The zero-order chi connectivity index (χ0) is 9.42. The maximum atomic E-state index is 10.7. The summed E-state index contributed by atoms with van der Waals surface area (Å²) in [6.07, 6.45) is 0.580. The van der Waals surface area contributed by atoms with Crippen LogP contribution in [-0.2, 0) is 0 Å². The number of halogens is 1. The first-order valence-electron chi connectivity index (χ1n) is 3.68. The average molecular weight is 240 g/mol. The Morgan fingerprint density at radius 2 is 2.15 bits per heavy atom. The summed E-state index contributed by atoms with van der Waals surface area (Å²) >= 11 is 3.32. The van der Waals surface area contributed by atoms with Gasteiger partial charge in [0, 0.05) is 16.1 Å². The first-order chi connectivity index (χ1) is 6.18. The van der Waals surface area contributed by atoms with Gasteiger partial charge in [0.2, 0.25) is 0 Å². The number of hydrogen-bond donors (Lipinski definition) is 1. The Morgan fingerprint density at radius 1 is 1.38 bits per heavy atom. The fourth-order valence-corrected chi connectivity index (χ4v) is 1.66. The summed E-state index contributed by atoms with van der Waals surface area (Å²) in [7, 11) is 0. The normalized spacial score (nSPS) is 10.5. The van der Waals surface area contributed by atoms with Gasteiger partial charge in [0.05, 0.1) is 5.52 Å². The van der Waals surface area contributed by atoms with Crippen molar-refractivity contribution in [3.05, 3.63) is 34.9 Å². The summed E-state index contributed by atoms with van der Waals surface area (Å²) in [5.41, 5.74) is 0.704. The maximum Gasteiger partial charge on any atom is 0.415 e. The van der Waals surface area contributed by atoms with Crippen molar-refractivity contribution >= 4 is 32.9 Å². The van der Waals surface area contributed by atoms with Crippen LogP contribution in [0.15, 0.2) is 34.9 Å². The molecule has 0 aliphatic heterocycles. The molecule has 0 radical (unpaired) electrons. The molecule has 4 heteroatoms. The molecular weight excluding hydrogens is 234 g/mol. The summed E-state index contributed by atoms with van der Waals surface area (Å²) in [6, 6.07) is 7.25. The van der Waals surface area contributed by atoms with E-state index in [2.05, 4.69) is 15.9 Å². The molecule has 0 aliphatic rings. The standard InChI is InChI=1S/C9H6BrNO2/c10-7-1-2-8-6(5-7)3-4-11(8)9(12)13/h1-5H,(H,12,13). The quantitative estimate of drug-likeness (QED) is 0.769. The Hall–Kier alpha value is -1.29. The van der Waals surface area contributed by atoms with Crippen LogP contribution in [0.1, 0.15) is 0 Å². The highest BCUT2D eigenvalue weighted by atomic mass is 79.9. The molecule has 1 aromatic heterocycles. The van der Waals surface area contributed by atoms with Crippen molar-refractivity contribution in [2.45, 2.75) is 0 Å². The van der Waals surface area contributed by atoms with Crippen LogP contribution in [0.25, 0.3) is 10.9 Å². The van der Waals surface area contributed by atoms with Crippen LogP contribution >= 0.6 is 15.9 Å². The second kappa shape index (κ2) is 2.88. The summed E-state index contributed by atoms with van der Waals surface area (Å²) in [4.78, 5) is 10.7. The third-order valence-electron chi connectivity index (χ3n) is 1.86. The monoisotopic (exact) mass is 239 g/mol. The third-order valence-corrected chi connectivity index (χ3v) is 2.35. The SMILES string of the molecule is O=C(O)n1ccc2cc(Br)ccc21. The number of nitrogens with zero attached hydrogens (tertiary/aromatic N) is 1. The molecule has 0 bridgehead atoms. The van der Waals surface area contributed by atoms with E-state index in [1.807, 2.05) is 12.1 Å². The van der Waals surface area contributed by atoms with E-state index in [9.17, 15) is 4.79 Å². The van der Waals surface area contributed by atoms with Gasteiger partial charge < -0.3 is 5.11 Å². The molecule has 0 saturated carbocycles. The predicted molar refractivity (Wildman–Crippen MR) is 53.1 cm³/mol. The first kappa shape index (κ1) is 8.31. The van der Waals surface area contributed by atoms with Gasteiger partial charge in [0.1, 0.15) is 0 Å². The van der Waals surface area contributed by atoms with E-state index in [1.54, 1.807) is 18.3 Å². The molecule has 0 aliphatic carbocycles. The second-order valence-electron chi connectivity index (χ2n) is 2.67. The van der Waals surface area contributed by atoms with Gasteiger partial charge in [-0.05, 0) is 24.3 Å². The number of fused-ring (bicyclic) bond motifs is 1. The van der Waals surface area contributed by atoms with Crippen LogP contribution in [0.2, 0.25) is 0 Å². The molecule has 2 aromatic rings. The minimum absolute atomic E-state index is 0.704. The molecule has 1 heterocycles. The van der Waals surface area contributed by atoms with E-state index in [4.69, 9.17) is 5.11 Å². The Labute approximate surface area is 82.7 Å². The zero-order valence-electron chi connectivity index (χ0n) is 6.57. The van der Waals surface area contributed by atoms with Gasteiger partial charge >= 0.3 is 6.09 Å². The molecule has 0 atom stereocenters. The van der Waals surface area contributed by atoms with Crippen LogP contribution in [0, 0.1) is 0 Å². The molecule has 2 rings (SSSR count). The summed E-state index contributed by atoms with van der Waals surface area (Å²) < 4.78 is 2.14. The van der Waals surface area contributed by atoms with Crippen LogP contribution < -0.4 is 0 Å². The number of hydrogen-bond acceptors (Lipinski definition) is 1. The highest BCUT2D eigenvalue weighted by Gasteiger charge is 2.05. The fourth-order valence-electron chi connectivity index (χ4n) is 1.28. The van der Waals surface area contributed by atoms with Crippen molar-refractivity contribution in [1.29, 1.82) is 0 Å². The summed E-state index contributed by atoms with van der Waals surface area (Å²) in [5.74, 6) is 0. The Kier molecular flexibility index (Phi) is 1.84. The smallest absolute Gasteiger partial charge is 0.415 e. The summed E-state index contributed by atoms with van der Waals surface area (Å²) in [6.45, 7) is 0. The second-order valence-corrected chi connectivity index (χ2v) is 3.59. The molecule has 0 saturated heterocycles. The minimum atomic E-state index is -0.961. The lowest BCUT2D eigenvalue weighted by atomic mass is 10.2. The predicted octanol–water partition coefficient (Wildman–Crippen LogP) is 2.93. The van der Waals surface area contributed by atoms with Gasteiger partial charge in [-0.1, -0.05) is 15.9 Å². The lowest BCUT2D eigenvalue weighted by Crippen LogP contribution is -2.05. The van der Waals surface area contributed by atoms with Gasteiger partial charge in [-0.2, -0.15) is 0 Å². The number of aromatic nitrogens is 1. The van der Waals surface area contributed by atoms with E-state index in [1.165, 1.54) is 4.57 Å². The van der Waals surface area contributed by atoms with Crippen LogP contribution in [0.3, 0.4) is 0 Å². The van der Waals surface area contributed by atoms with E-state index < -0.39 is 6.09 Å². The van der Waals surface area contributed by atoms with Crippen molar-refractivity contribution in [3.63, 3.8) is 0 Å². The molecule has 3 nitrogen and oxygen atoms in total. The van der Waals surface area contributed by atoms with Gasteiger partial charge in [-0.15, -0.1) is 0 Å². The molecule has 0 amide bonds. The van der Waals surface area contributed by atoms with Crippen molar-refractivity contribution in [2.24, 2.45) is 0 Å². The number of carbonyl (C=O) groups is 1. The molecule has 66 valence electrons. The number of carboxylic acid groups (broad SMARTS) is 1. The van der Waals surface area contributed by atoms with Gasteiger partial charge in [-0.3, -0.25) is 4.57 Å². The van der Waals surface area contributed by atoms with E-state index in [-0.39, 0.29) is 0 Å². The summed E-state index contributed by atoms with van der Waals surface area (Å²) in [5, 5.41) is 9.71. The zero-order valence-corrected chi connectivity index (χ0v) is 8.15. The minimum Gasteiger partial charge on any atom is -0.464 e. The average Bonchev–Trinajstić information content (AvgIpc) is 2.46. The first-order valence-corrected chi connectivity index (χ1v) is 4.48. The third kappa shape index (κ3) is 1.33. The van der Waals surface area contributed by atoms with Crippen molar-refractivity contribution < 1.29 is 9.90 Å². The van der Waals surface area contributed by atoms with Crippen molar-refractivity contribution in [3.8, 4) is 0 Å². The Balaban J connectivity index is 2.76. The maximum absolute atomic E-state index is 10.7. The van der Waals surface area contributed by atoms with E-state index in [0.29, 0.717) is 5.52 Å². The molecular formula is C9H6BrNO2. The van der Waals surface area contributed by atoms with Crippen LogP contribution in [0.4, 0.5) is 4.79 Å². The van der Waals surface area contributed by atoms with Gasteiger partial charge in [0.15, 0.2) is 0 Å². The topological polar surface area (TPSA) is 42.2 Å². The van der Waals surface area contributed by atoms with Crippen LogP contribution in [-0.4, -0.2) is 15.8 Å². The number of benzene rings is 1. The molecule has 1 aromatic carbocycles. The van der Waals surface area contributed by atoms with Gasteiger partial charge in [-0.25, -0.2) is 4.79 Å². The fraction of sp³-hybridized carbons (Fsp3) is 0. The molecule has 13 heavy (non-hydrogen) atoms. The number of rotatable bonds is 0. The van der Waals surface area contributed by atoms with Crippen LogP contribution in [0.5, 0.6) is 0 Å². The Bertz CT molecular complexity index is 475. The van der Waals surface area contributed by atoms with Crippen molar-refractivity contribution in [2.75, 3.05) is 0 Å². The molecule has 0 spiro atoms. The lowest BCUT2D eigenvalue weighted by Gasteiger charge is -1.97. The Morgan fingerprint density at radius 3 is 2.85 bits per heavy atom. The van der Waals surface area contributed by atoms with E-state index in [0.717, 1.165) is 9.86 Å². The van der Waals surface area contributed by atoms with Gasteiger partial charge in [0.25, 0.3) is 0 Å². The highest BCUT2D eigenvalue weighted by molar-refractivity contribution is 9.10. The molecule has 0 unspecified atom stereocenters.